The van der Waals surface area contributed by atoms with E-state index in [4.69, 9.17) is 0 Å². The highest BCUT2D eigenvalue weighted by molar-refractivity contribution is 5.85. The minimum atomic E-state index is -6.30. The fourth-order valence-electron chi connectivity index (χ4n) is 0.382. The van der Waals surface area contributed by atoms with Crippen molar-refractivity contribution in [3.8, 4) is 0 Å². The highest BCUT2D eigenvalue weighted by Gasteiger charge is 2.68. The molecule has 0 saturated carbocycles. The molecule has 88 valence electrons. The Labute approximate surface area is 78.7 Å². The zero-order valence-corrected chi connectivity index (χ0v) is 6.90. The van der Waals surface area contributed by atoms with Crippen LogP contribution in [0.4, 0.5) is 35.1 Å². The molecule has 0 spiro atoms. The highest BCUT2D eigenvalue weighted by Crippen LogP contribution is 2.42. The predicted molar refractivity (Wildman–Crippen MR) is 32.3 cm³/mol. The van der Waals surface area contributed by atoms with Crippen molar-refractivity contribution >= 4 is 12.4 Å². The third-order valence-corrected chi connectivity index (χ3v) is 1.12. The van der Waals surface area contributed by atoms with E-state index in [0.717, 1.165) is 0 Å². The van der Waals surface area contributed by atoms with Gasteiger partial charge in [0.05, 0.1) is 0 Å². The molecular weight excluding hydrogens is 249 g/mol. The third-order valence-electron chi connectivity index (χ3n) is 1.12. The van der Waals surface area contributed by atoms with Crippen LogP contribution < -0.4 is 5.73 Å². The Balaban J connectivity index is 0. The quantitative estimate of drug-likeness (QED) is 0.714. The first-order chi connectivity index (χ1) is 5.40. The van der Waals surface area contributed by atoms with E-state index >= 15 is 0 Å². The zero-order chi connectivity index (χ0) is 11.1. The Hall–Kier alpha value is -0.310. The highest BCUT2D eigenvalue weighted by atomic mass is 35.5. The molecule has 0 aliphatic rings. The van der Waals surface area contributed by atoms with Crippen molar-refractivity contribution in [1.29, 1.82) is 0 Å². The van der Waals surface area contributed by atoms with Crippen molar-refractivity contribution in [2.45, 2.75) is 24.3 Å². The van der Waals surface area contributed by atoms with E-state index in [9.17, 15) is 35.1 Å². The van der Waals surface area contributed by atoms with Crippen LogP contribution >= 0.6 is 12.4 Å². The summed E-state index contributed by atoms with van der Waals surface area (Å²) in [7, 11) is 0. The number of alkyl halides is 8. The van der Waals surface area contributed by atoms with E-state index in [2.05, 4.69) is 5.73 Å². The molecule has 1 nitrogen and oxygen atoms in total. The van der Waals surface area contributed by atoms with Gasteiger partial charge in [-0.15, -0.1) is 12.4 Å². The summed E-state index contributed by atoms with van der Waals surface area (Å²) in [5.74, 6) is -5.97. The number of hydrogen-bond donors (Lipinski definition) is 1. The van der Waals surface area contributed by atoms with E-state index in [0.29, 0.717) is 0 Å². The number of hydrogen-bond acceptors (Lipinski definition) is 1. The van der Waals surface area contributed by atoms with Gasteiger partial charge >= 0.3 is 18.3 Å². The van der Waals surface area contributed by atoms with Crippen molar-refractivity contribution < 1.29 is 35.1 Å². The number of halogens is 9. The van der Waals surface area contributed by atoms with Gasteiger partial charge in [0.15, 0.2) is 6.04 Å². The maximum atomic E-state index is 11.9. The molecule has 0 fully saturated rings. The van der Waals surface area contributed by atoms with Gasteiger partial charge in [-0.3, -0.25) is 0 Å². The van der Waals surface area contributed by atoms with E-state index in [1.807, 2.05) is 0 Å². The lowest BCUT2D eigenvalue weighted by Gasteiger charge is -2.26. The van der Waals surface area contributed by atoms with Crippen LogP contribution in [0.3, 0.4) is 0 Å². The molecule has 0 bridgehead atoms. The Morgan fingerprint density at radius 3 is 1.14 bits per heavy atom. The summed E-state index contributed by atoms with van der Waals surface area (Å²) in [4.78, 5) is 0. The van der Waals surface area contributed by atoms with Crippen molar-refractivity contribution in [2.24, 2.45) is 5.73 Å². The van der Waals surface area contributed by atoms with Crippen LogP contribution in [0.2, 0.25) is 0 Å². The molecule has 0 saturated heterocycles. The van der Waals surface area contributed by atoms with Gasteiger partial charge in [-0.1, -0.05) is 0 Å². The first kappa shape index (κ1) is 16.1. The van der Waals surface area contributed by atoms with Gasteiger partial charge in [0.1, 0.15) is 0 Å². The van der Waals surface area contributed by atoms with E-state index < -0.39 is 24.3 Å². The van der Waals surface area contributed by atoms with Gasteiger partial charge in [0.2, 0.25) is 0 Å². The van der Waals surface area contributed by atoms with Crippen LogP contribution in [0.25, 0.3) is 0 Å². The van der Waals surface area contributed by atoms with Gasteiger partial charge in [-0.25, -0.2) is 0 Å². The zero-order valence-electron chi connectivity index (χ0n) is 6.09. The summed E-state index contributed by atoms with van der Waals surface area (Å²) in [5, 5.41) is 0. The fourth-order valence-corrected chi connectivity index (χ4v) is 0.382. The summed E-state index contributed by atoms with van der Waals surface area (Å²) in [6.45, 7) is 0. The van der Waals surface area contributed by atoms with Crippen molar-refractivity contribution in [3.05, 3.63) is 0 Å². The summed E-state index contributed by atoms with van der Waals surface area (Å²) in [6.07, 6.45) is -12.1. The molecule has 14 heavy (non-hydrogen) atoms. The van der Waals surface area contributed by atoms with Crippen LogP contribution in [-0.2, 0) is 0 Å². The average Bonchev–Trinajstić information content (AvgIpc) is 1.81. The van der Waals surface area contributed by atoms with E-state index in [-0.39, 0.29) is 12.4 Å². The summed E-state index contributed by atoms with van der Waals surface area (Å²) < 4.78 is 91.7. The lowest BCUT2D eigenvalue weighted by atomic mass is 10.1. The molecule has 0 heterocycles. The second kappa shape index (κ2) is 4.05. The van der Waals surface area contributed by atoms with Crippen molar-refractivity contribution in [3.63, 3.8) is 0 Å². The number of nitrogens with two attached hydrogens (primary N) is 1. The molecule has 0 aromatic carbocycles. The minimum absolute atomic E-state index is 0. The van der Waals surface area contributed by atoms with E-state index in [1.165, 1.54) is 0 Å². The normalized spacial score (nSPS) is 16.1. The molecular formula is C4H4ClF8N. The lowest BCUT2D eigenvalue weighted by Crippen LogP contribution is -2.58. The largest absolute Gasteiger partial charge is 0.455 e. The van der Waals surface area contributed by atoms with Crippen molar-refractivity contribution in [2.75, 3.05) is 0 Å². The van der Waals surface area contributed by atoms with Crippen LogP contribution in [0.1, 0.15) is 0 Å². The van der Waals surface area contributed by atoms with Crippen LogP contribution in [0, 0.1) is 0 Å². The minimum Gasteiger partial charge on any atom is -0.315 e. The van der Waals surface area contributed by atoms with Gasteiger partial charge < -0.3 is 5.73 Å². The van der Waals surface area contributed by atoms with Crippen LogP contribution in [-0.4, -0.2) is 24.3 Å². The molecule has 0 aromatic heterocycles. The molecule has 2 N–H and O–H groups in total. The van der Waals surface area contributed by atoms with Crippen LogP contribution in [0.15, 0.2) is 0 Å². The van der Waals surface area contributed by atoms with Gasteiger partial charge in [-0.2, -0.15) is 35.1 Å². The molecule has 0 rings (SSSR count). The lowest BCUT2D eigenvalue weighted by molar-refractivity contribution is -0.322. The van der Waals surface area contributed by atoms with Crippen molar-refractivity contribution in [1.82, 2.24) is 0 Å². The second-order valence-corrected chi connectivity index (χ2v) is 2.14. The fraction of sp³-hybridized carbons (Fsp3) is 1.00. The SMILES string of the molecule is Cl.N[C@H](C(F)(F)F)C(F)(F)C(F)(F)F. The predicted octanol–water partition coefficient (Wildman–Crippen LogP) is 2.50. The van der Waals surface area contributed by atoms with Crippen LogP contribution in [0.5, 0.6) is 0 Å². The second-order valence-electron chi connectivity index (χ2n) is 2.14. The molecule has 0 amide bonds. The molecule has 0 radical (unpaired) electrons. The standard InChI is InChI=1S/C4H3F8N.ClH/c5-2(6,4(10,11)12)1(13)3(7,8)9;/h1H,13H2;1H/t1-;/m0./s1. The molecule has 0 unspecified atom stereocenters. The Morgan fingerprint density at radius 2 is 1.07 bits per heavy atom. The first-order valence-corrected chi connectivity index (χ1v) is 2.67. The Morgan fingerprint density at radius 1 is 0.786 bits per heavy atom. The Kier molecular flexibility index (Phi) is 4.67. The molecule has 0 aliphatic carbocycles. The Bertz CT molecular complexity index is 183. The molecule has 10 heteroatoms. The monoisotopic (exact) mass is 253 g/mol. The smallest absolute Gasteiger partial charge is 0.315 e. The topological polar surface area (TPSA) is 26.0 Å². The molecule has 1 atom stereocenters. The van der Waals surface area contributed by atoms with E-state index in [1.54, 1.807) is 0 Å². The number of rotatable bonds is 1. The average molecular weight is 254 g/mol. The van der Waals surface area contributed by atoms with Gasteiger partial charge in [0.25, 0.3) is 0 Å². The maximum absolute atomic E-state index is 11.9. The summed E-state index contributed by atoms with van der Waals surface area (Å²) in [5.41, 5.74) is 3.72. The molecule has 0 aromatic rings. The first-order valence-electron chi connectivity index (χ1n) is 2.67. The van der Waals surface area contributed by atoms with Gasteiger partial charge in [0, 0.05) is 0 Å². The maximum Gasteiger partial charge on any atom is 0.455 e. The summed E-state index contributed by atoms with van der Waals surface area (Å²) >= 11 is 0. The molecule has 0 aliphatic heterocycles. The van der Waals surface area contributed by atoms with Gasteiger partial charge in [-0.05, 0) is 0 Å². The third kappa shape index (κ3) is 3.12. The summed E-state index contributed by atoms with van der Waals surface area (Å²) in [6, 6.07) is -4.24.